The lowest BCUT2D eigenvalue weighted by atomic mass is 10.1. The van der Waals surface area contributed by atoms with Crippen molar-refractivity contribution in [1.82, 2.24) is 15.1 Å². The first-order valence-corrected chi connectivity index (χ1v) is 6.14. The summed E-state index contributed by atoms with van der Waals surface area (Å²) in [7, 11) is 0. The third kappa shape index (κ3) is 2.99. The molecule has 1 aliphatic heterocycles. The molecule has 7 heteroatoms. The van der Waals surface area contributed by atoms with E-state index in [0.29, 0.717) is 25.3 Å². The number of hydrogen-bond acceptors (Lipinski definition) is 6. The van der Waals surface area contributed by atoms with Crippen LogP contribution in [-0.2, 0) is 6.42 Å². The molecular weight excluding hydrogens is 250 g/mol. The smallest absolute Gasteiger partial charge is 0.311 e. The van der Waals surface area contributed by atoms with Gasteiger partial charge in [0, 0.05) is 13.0 Å². The minimum atomic E-state index is -1.22. The normalized spacial score (nSPS) is 23.4. The van der Waals surface area contributed by atoms with Gasteiger partial charge < -0.3 is 19.5 Å². The summed E-state index contributed by atoms with van der Waals surface area (Å²) in [6, 6.07) is 0. The third-order valence-electron chi connectivity index (χ3n) is 3.09. The average molecular weight is 267 g/mol. The van der Waals surface area contributed by atoms with Crippen molar-refractivity contribution < 1.29 is 19.4 Å². The van der Waals surface area contributed by atoms with E-state index in [1.165, 1.54) is 4.90 Å². The van der Waals surface area contributed by atoms with Gasteiger partial charge >= 0.3 is 11.8 Å². The second kappa shape index (κ2) is 5.50. The van der Waals surface area contributed by atoms with Crippen molar-refractivity contribution in [3.8, 4) is 0 Å². The van der Waals surface area contributed by atoms with Gasteiger partial charge in [0.15, 0.2) is 0 Å². The third-order valence-corrected chi connectivity index (χ3v) is 3.09. The molecule has 1 saturated heterocycles. The average Bonchev–Trinajstić information content (AvgIpc) is 3.03. The molecule has 1 aliphatic rings. The first kappa shape index (κ1) is 13.7. The first-order chi connectivity index (χ1) is 9.08. The van der Waals surface area contributed by atoms with Crippen LogP contribution in [0.4, 0.5) is 0 Å². The fourth-order valence-corrected chi connectivity index (χ4v) is 1.94. The predicted molar refractivity (Wildman–Crippen MR) is 65.4 cm³/mol. The highest BCUT2D eigenvalue weighted by molar-refractivity contribution is 5.89. The van der Waals surface area contributed by atoms with Crippen LogP contribution in [0.2, 0.25) is 0 Å². The standard InChI is InChI=1S/C12H17N3O4/c1-2-3-4-9-13-14-10(19-9)11(17)15-6-5-12(18,7-15)8-16/h2-3,16,18H,4-8H2,1H3. The number of β-amino-alcohol motifs (C(OH)–C–C–N with tert-alkyl or cyclic N) is 1. The molecule has 1 amide bonds. The number of aliphatic hydroxyl groups excluding tert-OH is 1. The summed E-state index contributed by atoms with van der Waals surface area (Å²) in [5.74, 6) is -0.122. The van der Waals surface area contributed by atoms with Crippen LogP contribution < -0.4 is 0 Å². The predicted octanol–water partition coefficient (Wildman–Crippen LogP) is -0.243. The summed E-state index contributed by atoms with van der Waals surface area (Å²) in [6.07, 6.45) is 4.53. The number of hydrogen-bond donors (Lipinski definition) is 2. The van der Waals surface area contributed by atoms with E-state index in [9.17, 15) is 9.90 Å². The molecule has 2 rings (SSSR count). The Morgan fingerprint density at radius 3 is 3.00 bits per heavy atom. The minimum absolute atomic E-state index is 0.0783. The number of carbonyl (C=O) groups excluding carboxylic acids is 1. The van der Waals surface area contributed by atoms with E-state index in [-0.39, 0.29) is 19.0 Å². The van der Waals surface area contributed by atoms with Crippen molar-refractivity contribution in [3.05, 3.63) is 23.9 Å². The van der Waals surface area contributed by atoms with Gasteiger partial charge in [-0.3, -0.25) is 4.79 Å². The summed E-state index contributed by atoms with van der Waals surface area (Å²) in [4.78, 5) is 13.5. The molecule has 0 aliphatic carbocycles. The van der Waals surface area contributed by atoms with Crippen LogP contribution in [0.25, 0.3) is 0 Å². The van der Waals surface area contributed by atoms with E-state index < -0.39 is 11.5 Å². The highest BCUT2D eigenvalue weighted by Gasteiger charge is 2.39. The van der Waals surface area contributed by atoms with E-state index in [2.05, 4.69) is 10.2 Å². The molecule has 0 spiro atoms. The molecule has 1 fully saturated rings. The summed E-state index contributed by atoms with van der Waals surface area (Å²) in [5, 5.41) is 26.4. The van der Waals surface area contributed by atoms with Gasteiger partial charge in [-0.15, -0.1) is 10.2 Å². The monoisotopic (exact) mass is 267 g/mol. The van der Waals surface area contributed by atoms with E-state index in [1.807, 2.05) is 19.1 Å². The van der Waals surface area contributed by atoms with Crippen LogP contribution in [0.15, 0.2) is 16.6 Å². The molecule has 1 aromatic heterocycles. The lowest BCUT2D eigenvalue weighted by molar-refractivity contribution is -0.00486. The quantitative estimate of drug-likeness (QED) is 0.730. The van der Waals surface area contributed by atoms with Crippen LogP contribution in [0.3, 0.4) is 0 Å². The topological polar surface area (TPSA) is 99.7 Å². The van der Waals surface area contributed by atoms with Crippen LogP contribution in [-0.4, -0.2) is 56.5 Å². The Morgan fingerprint density at radius 1 is 1.58 bits per heavy atom. The highest BCUT2D eigenvalue weighted by atomic mass is 16.4. The molecule has 0 aromatic carbocycles. The van der Waals surface area contributed by atoms with Crippen LogP contribution in [0.5, 0.6) is 0 Å². The maximum Gasteiger partial charge on any atom is 0.311 e. The van der Waals surface area contributed by atoms with Crippen molar-refractivity contribution in [2.45, 2.75) is 25.4 Å². The molecule has 2 heterocycles. The maximum atomic E-state index is 12.1. The largest absolute Gasteiger partial charge is 0.417 e. The van der Waals surface area contributed by atoms with Crippen LogP contribution in [0.1, 0.15) is 29.9 Å². The molecule has 0 bridgehead atoms. The zero-order chi connectivity index (χ0) is 13.9. The van der Waals surface area contributed by atoms with Crippen molar-refractivity contribution >= 4 is 5.91 Å². The van der Waals surface area contributed by atoms with Gasteiger partial charge in [0.25, 0.3) is 0 Å². The fourth-order valence-electron chi connectivity index (χ4n) is 1.94. The Bertz CT molecular complexity index is 485. The Morgan fingerprint density at radius 2 is 2.37 bits per heavy atom. The Labute approximate surface area is 110 Å². The minimum Gasteiger partial charge on any atom is -0.417 e. The zero-order valence-corrected chi connectivity index (χ0v) is 10.7. The number of amides is 1. The lowest BCUT2D eigenvalue weighted by Crippen LogP contribution is -2.38. The van der Waals surface area contributed by atoms with Crippen molar-refractivity contribution in [3.63, 3.8) is 0 Å². The van der Waals surface area contributed by atoms with Gasteiger partial charge in [-0.2, -0.15) is 0 Å². The summed E-state index contributed by atoms with van der Waals surface area (Å²) < 4.78 is 5.25. The molecule has 2 N–H and O–H groups in total. The number of allylic oxidation sites excluding steroid dienone is 2. The van der Waals surface area contributed by atoms with E-state index in [4.69, 9.17) is 9.52 Å². The molecular formula is C12H17N3O4. The Kier molecular flexibility index (Phi) is 3.96. The van der Waals surface area contributed by atoms with Crippen molar-refractivity contribution in [1.29, 1.82) is 0 Å². The van der Waals surface area contributed by atoms with Gasteiger partial charge in [0.1, 0.15) is 5.60 Å². The molecule has 0 saturated carbocycles. The SMILES string of the molecule is CC=CCc1nnc(C(=O)N2CCC(O)(CO)C2)o1. The van der Waals surface area contributed by atoms with Gasteiger partial charge in [-0.25, -0.2) is 0 Å². The van der Waals surface area contributed by atoms with E-state index in [0.717, 1.165) is 0 Å². The Hall–Kier alpha value is -1.73. The number of carbonyl (C=O) groups is 1. The number of likely N-dealkylation sites (tertiary alicyclic amines) is 1. The molecule has 1 unspecified atom stereocenters. The van der Waals surface area contributed by atoms with Gasteiger partial charge in [-0.05, 0) is 13.3 Å². The maximum absolute atomic E-state index is 12.1. The Balaban J connectivity index is 2.02. The van der Waals surface area contributed by atoms with Gasteiger partial charge in [-0.1, -0.05) is 12.2 Å². The number of aromatic nitrogens is 2. The van der Waals surface area contributed by atoms with Crippen molar-refractivity contribution in [2.24, 2.45) is 0 Å². The van der Waals surface area contributed by atoms with Crippen LogP contribution >= 0.6 is 0 Å². The number of nitrogens with zero attached hydrogens (tertiary/aromatic N) is 3. The van der Waals surface area contributed by atoms with Gasteiger partial charge in [0.2, 0.25) is 5.89 Å². The second-order valence-electron chi connectivity index (χ2n) is 4.63. The molecule has 1 atom stereocenters. The molecule has 104 valence electrons. The summed E-state index contributed by atoms with van der Waals surface area (Å²) >= 11 is 0. The second-order valence-corrected chi connectivity index (χ2v) is 4.63. The summed E-state index contributed by atoms with van der Waals surface area (Å²) in [5.41, 5.74) is -1.22. The highest BCUT2D eigenvalue weighted by Crippen LogP contribution is 2.22. The number of rotatable bonds is 4. The summed E-state index contributed by atoms with van der Waals surface area (Å²) in [6.45, 7) is 1.95. The molecule has 1 aromatic rings. The van der Waals surface area contributed by atoms with E-state index in [1.54, 1.807) is 0 Å². The number of aliphatic hydroxyl groups is 2. The lowest BCUT2D eigenvalue weighted by Gasteiger charge is -2.19. The molecule has 7 nitrogen and oxygen atoms in total. The van der Waals surface area contributed by atoms with Crippen LogP contribution in [0, 0.1) is 0 Å². The molecule has 19 heavy (non-hydrogen) atoms. The zero-order valence-electron chi connectivity index (χ0n) is 10.7. The van der Waals surface area contributed by atoms with Gasteiger partial charge in [0.05, 0.1) is 13.2 Å². The first-order valence-electron chi connectivity index (χ1n) is 6.14. The van der Waals surface area contributed by atoms with Crippen molar-refractivity contribution in [2.75, 3.05) is 19.7 Å². The fraction of sp³-hybridized carbons (Fsp3) is 0.583. The van der Waals surface area contributed by atoms with E-state index >= 15 is 0 Å². The molecule has 0 radical (unpaired) electrons.